The molecule has 1 atom stereocenters. The maximum Gasteiger partial charge on any atom is 0.310 e. The molecular weight excluding hydrogens is 180 g/mol. The van der Waals surface area contributed by atoms with Gasteiger partial charge in [0.05, 0.1) is 13.0 Å². The standard InChI is InChI=1S/C10H20N2O2/c1-11-7-9(10(13)14-2)8-3-5-12-6-4-8/h8-9,11-12H,3-7H2,1-2H3. The largest absolute Gasteiger partial charge is 0.469 e. The highest BCUT2D eigenvalue weighted by atomic mass is 16.5. The number of carbonyl (C=O) groups excluding carboxylic acids is 1. The second-order valence-corrected chi connectivity index (χ2v) is 3.77. The van der Waals surface area contributed by atoms with Crippen molar-refractivity contribution in [3.05, 3.63) is 0 Å². The van der Waals surface area contributed by atoms with Crippen LogP contribution in [0.1, 0.15) is 12.8 Å². The fourth-order valence-corrected chi connectivity index (χ4v) is 2.06. The van der Waals surface area contributed by atoms with E-state index in [-0.39, 0.29) is 11.9 Å². The van der Waals surface area contributed by atoms with Crippen LogP contribution < -0.4 is 10.6 Å². The predicted molar refractivity (Wildman–Crippen MR) is 55.0 cm³/mol. The Hall–Kier alpha value is -0.610. The third-order valence-electron chi connectivity index (χ3n) is 2.88. The molecule has 1 heterocycles. The van der Waals surface area contributed by atoms with Gasteiger partial charge in [0.1, 0.15) is 0 Å². The van der Waals surface area contributed by atoms with Gasteiger partial charge in [0.15, 0.2) is 0 Å². The number of rotatable bonds is 4. The molecule has 1 aliphatic heterocycles. The zero-order chi connectivity index (χ0) is 10.4. The van der Waals surface area contributed by atoms with Gasteiger partial charge < -0.3 is 15.4 Å². The van der Waals surface area contributed by atoms with Gasteiger partial charge in [-0.05, 0) is 38.9 Å². The molecule has 82 valence electrons. The van der Waals surface area contributed by atoms with Crippen LogP contribution in [0.15, 0.2) is 0 Å². The van der Waals surface area contributed by atoms with Crippen LogP contribution in [0.2, 0.25) is 0 Å². The Balaban J connectivity index is 2.50. The van der Waals surface area contributed by atoms with E-state index >= 15 is 0 Å². The number of methoxy groups -OCH3 is 1. The first kappa shape index (κ1) is 11.5. The van der Waals surface area contributed by atoms with Gasteiger partial charge in [-0.15, -0.1) is 0 Å². The summed E-state index contributed by atoms with van der Waals surface area (Å²) in [5.41, 5.74) is 0. The molecule has 0 aromatic carbocycles. The average molecular weight is 200 g/mol. The second-order valence-electron chi connectivity index (χ2n) is 3.77. The van der Waals surface area contributed by atoms with E-state index in [0.29, 0.717) is 5.92 Å². The minimum absolute atomic E-state index is 0.0205. The monoisotopic (exact) mass is 200 g/mol. The molecular formula is C10H20N2O2. The molecule has 4 nitrogen and oxygen atoms in total. The molecule has 0 radical (unpaired) electrons. The first-order chi connectivity index (χ1) is 6.79. The van der Waals surface area contributed by atoms with Crippen molar-refractivity contribution in [3.8, 4) is 0 Å². The van der Waals surface area contributed by atoms with Crippen LogP contribution in [0.4, 0.5) is 0 Å². The highest BCUT2D eigenvalue weighted by molar-refractivity contribution is 5.72. The summed E-state index contributed by atoms with van der Waals surface area (Å²) in [4.78, 5) is 11.5. The smallest absolute Gasteiger partial charge is 0.310 e. The molecule has 2 N–H and O–H groups in total. The lowest BCUT2D eigenvalue weighted by Gasteiger charge is -2.28. The molecule has 0 amide bonds. The van der Waals surface area contributed by atoms with Gasteiger partial charge in [0.25, 0.3) is 0 Å². The molecule has 4 heteroatoms. The van der Waals surface area contributed by atoms with Crippen molar-refractivity contribution in [2.45, 2.75) is 12.8 Å². The summed E-state index contributed by atoms with van der Waals surface area (Å²) in [6, 6.07) is 0. The molecule has 0 bridgehead atoms. The Morgan fingerprint density at radius 3 is 2.71 bits per heavy atom. The van der Waals surface area contributed by atoms with Crippen LogP contribution in [-0.2, 0) is 9.53 Å². The zero-order valence-corrected chi connectivity index (χ0v) is 9.01. The van der Waals surface area contributed by atoms with Crippen molar-refractivity contribution >= 4 is 5.97 Å². The summed E-state index contributed by atoms with van der Waals surface area (Å²) in [6.45, 7) is 2.75. The van der Waals surface area contributed by atoms with Crippen LogP contribution in [-0.4, -0.2) is 39.8 Å². The molecule has 1 saturated heterocycles. The molecule has 0 saturated carbocycles. The van der Waals surface area contributed by atoms with E-state index in [1.54, 1.807) is 0 Å². The Morgan fingerprint density at radius 2 is 2.21 bits per heavy atom. The zero-order valence-electron chi connectivity index (χ0n) is 9.01. The topological polar surface area (TPSA) is 50.4 Å². The number of hydrogen-bond donors (Lipinski definition) is 2. The van der Waals surface area contributed by atoms with Gasteiger partial charge in [-0.1, -0.05) is 0 Å². The summed E-state index contributed by atoms with van der Waals surface area (Å²) in [5.74, 6) is 0.412. The average Bonchev–Trinajstić information content (AvgIpc) is 2.26. The van der Waals surface area contributed by atoms with Gasteiger partial charge in [-0.3, -0.25) is 4.79 Å². The van der Waals surface area contributed by atoms with Gasteiger partial charge in [-0.2, -0.15) is 0 Å². The molecule has 0 aromatic heterocycles. The Labute approximate surface area is 85.4 Å². The quantitative estimate of drug-likeness (QED) is 0.627. The molecule has 1 fully saturated rings. The van der Waals surface area contributed by atoms with E-state index < -0.39 is 0 Å². The van der Waals surface area contributed by atoms with E-state index in [2.05, 4.69) is 10.6 Å². The van der Waals surface area contributed by atoms with E-state index in [9.17, 15) is 4.79 Å². The van der Waals surface area contributed by atoms with Crippen molar-refractivity contribution in [2.75, 3.05) is 33.8 Å². The Morgan fingerprint density at radius 1 is 1.57 bits per heavy atom. The highest BCUT2D eigenvalue weighted by Gasteiger charge is 2.29. The Bertz CT molecular complexity index is 179. The number of ether oxygens (including phenoxy) is 1. The van der Waals surface area contributed by atoms with Crippen LogP contribution in [0.5, 0.6) is 0 Å². The summed E-state index contributed by atoms with van der Waals surface area (Å²) < 4.78 is 4.82. The molecule has 1 unspecified atom stereocenters. The fraction of sp³-hybridized carbons (Fsp3) is 0.900. The molecule has 1 aliphatic rings. The lowest BCUT2D eigenvalue weighted by atomic mass is 9.85. The van der Waals surface area contributed by atoms with E-state index in [1.807, 2.05) is 7.05 Å². The minimum atomic E-state index is -0.0775. The Kier molecular flexibility index (Phi) is 4.90. The van der Waals surface area contributed by atoms with Crippen LogP contribution in [0.25, 0.3) is 0 Å². The number of piperidine rings is 1. The van der Waals surface area contributed by atoms with Crippen molar-refractivity contribution in [2.24, 2.45) is 11.8 Å². The van der Waals surface area contributed by atoms with Crippen molar-refractivity contribution in [1.82, 2.24) is 10.6 Å². The lowest BCUT2D eigenvalue weighted by molar-refractivity contribution is -0.147. The number of nitrogens with one attached hydrogen (secondary N) is 2. The summed E-state index contributed by atoms with van der Waals surface area (Å²) >= 11 is 0. The third kappa shape index (κ3) is 2.96. The minimum Gasteiger partial charge on any atom is -0.469 e. The SMILES string of the molecule is CNCC(C(=O)OC)C1CCNCC1. The van der Waals surface area contributed by atoms with Gasteiger partial charge in [-0.25, -0.2) is 0 Å². The normalized spacial score (nSPS) is 20.4. The first-order valence-electron chi connectivity index (χ1n) is 5.22. The van der Waals surface area contributed by atoms with E-state index in [0.717, 1.165) is 32.5 Å². The molecule has 1 rings (SSSR count). The second kappa shape index (κ2) is 5.98. The molecule has 0 aliphatic carbocycles. The van der Waals surface area contributed by atoms with Gasteiger partial charge in [0, 0.05) is 6.54 Å². The van der Waals surface area contributed by atoms with Crippen molar-refractivity contribution in [1.29, 1.82) is 0 Å². The lowest BCUT2D eigenvalue weighted by Crippen LogP contribution is -2.39. The third-order valence-corrected chi connectivity index (χ3v) is 2.88. The maximum absolute atomic E-state index is 11.5. The molecule has 14 heavy (non-hydrogen) atoms. The molecule has 0 spiro atoms. The van der Waals surface area contributed by atoms with E-state index in [4.69, 9.17) is 4.74 Å². The van der Waals surface area contributed by atoms with Gasteiger partial charge in [0.2, 0.25) is 0 Å². The fourth-order valence-electron chi connectivity index (χ4n) is 2.06. The maximum atomic E-state index is 11.5. The predicted octanol–water partition coefficient (Wildman–Crippen LogP) is -0.00540. The van der Waals surface area contributed by atoms with Crippen molar-refractivity contribution < 1.29 is 9.53 Å². The number of hydrogen-bond acceptors (Lipinski definition) is 4. The first-order valence-corrected chi connectivity index (χ1v) is 5.22. The van der Waals surface area contributed by atoms with Crippen LogP contribution >= 0.6 is 0 Å². The van der Waals surface area contributed by atoms with Crippen molar-refractivity contribution in [3.63, 3.8) is 0 Å². The summed E-state index contributed by atoms with van der Waals surface area (Å²) in [7, 11) is 3.34. The number of carbonyl (C=O) groups is 1. The highest BCUT2D eigenvalue weighted by Crippen LogP contribution is 2.22. The van der Waals surface area contributed by atoms with Crippen LogP contribution in [0.3, 0.4) is 0 Å². The van der Waals surface area contributed by atoms with E-state index in [1.165, 1.54) is 7.11 Å². The molecule has 0 aromatic rings. The number of esters is 1. The summed E-state index contributed by atoms with van der Waals surface area (Å²) in [5, 5.41) is 6.36. The van der Waals surface area contributed by atoms with Crippen LogP contribution in [0, 0.1) is 11.8 Å². The van der Waals surface area contributed by atoms with Gasteiger partial charge >= 0.3 is 5.97 Å². The summed E-state index contributed by atoms with van der Waals surface area (Å²) in [6.07, 6.45) is 2.14.